The number of carbonyl (C=O) groups excluding carboxylic acids is 1. The van der Waals surface area contributed by atoms with E-state index in [4.69, 9.17) is 0 Å². The molecule has 1 aromatic rings. The molecule has 0 aromatic carbocycles. The van der Waals surface area contributed by atoms with Crippen molar-refractivity contribution in [3.8, 4) is 0 Å². The molecule has 0 aliphatic carbocycles. The molecule has 0 saturated carbocycles. The van der Waals surface area contributed by atoms with Crippen molar-refractivity contribution in [2.45, 2.75) is 70.4 Å². The number of aromatic nitrogens is 1. The summed E-state index contributed by atoms with van der Waals surface area (Å²) in [6.45, 7) is 7.50. The van der Waals surface area contributed by atoms with Gasteiger partial charge in [0.15, 0.2) is 0 Å². The molecule has 0 radical (unpaired) electrons. The summed E-state index contributed by atoms with van der Waals surface area (Å²) in [7, 11) is 0. The lowest BCUT2D eigenvalue weighted by Gasteiger charge is -2.43. The Balaban J connectivity index is 1.26. The molecule has 5 nitrogen and oxygen atoms in total. The zero-order valence-electron chi connectivity index (χ0n) is 18.0. The third kappa shape index (κ3) is 5.79. The molecule has 5 heteroatoms. The van der Waals surface area contributed by atoms with Crippen molar-refractivity contribution in [3.05, 3.63) is 30.1 Å². The van der Waals surface area contributed by atoms with Gasteiger partial charge in [-0.05, 0) is 75.9 Å². The number of hydrogen-bond acceptors (Lipinski definition) is 4. The minimum Gasteiger partial charge on any atom is -0.342 e. The fraction of sp³-hybridized carbons (Fsp3) is 0.750. The van der Waals surface area contributed by atoms with Crippen LogP contribution in [0.4, 0.5) is 0 Å². The highest BCUT2D eigenvalue weighted by Crippen LogP contribution is 2.26. The SMILES string of the molecule is O=C([C@H]1CCCN(C2CCN(Cc3ccncc3)CC2)C1)N1CCCCCCC1. The second kappa shape index (κ2) is 10.5. The maximum Gasteiger partial charge on any atom is 0.226 e. The monoisotopic (exact) mass is 398 g/mol. The van der Waals surface area contributed by atoms with Crippen LogP contribution < -0.4 is 0 Å². The van der Waals surface area contributed by atoms with Gasteiger partial charge in [0, 0.05) is 44.6 Å². The normalized spacial score (nSPS) is 26.1. The quantitative estimate of drug-likeness (QED) is 0.778. The highest BCUT2D eigenvalue weighted by atomic mass is 16.2. The largest absolute Gasteiger partial charge is 0.342 e. The van der Waals surface area contributed by atoms with Crippen LogP contribution in [-0.2, 0) is 11.3 Å². The van der Waals surface area contributed by atoms with Crippen LogP contribution in [0.25, 0.3) is 0 Å². The molecule has 1 amide bonds. The summed E-state index contributed by atoms with van der Waals surface area (Å²) < 4.78 is 0. The first-order chi connectivity index (χ1) is 14.3. The zero-order chi connectivity index (χ0) is 19.9. The van der Waals surface area contributed by atoms with E-state index in [1.807, 2.05) is 12.4 Å². The summed E-state index contributed by atoms with van der Waals surface area (Å²) in [6, 6.07) is 4.90. The standard InChI is InChI=1S/C24H38N4O/c29-24(27-14-4-2-1-3-5-15-27)22-7-6-16-28(20-22)23-10-17-26(18-11-23)19-21-8-12-25-13-9-21/h8-9,12-13,22-23H,1-7,10-11,14-20H2/t22-/m0/s1. The van der Waals surface area contributed by atoms with E-state index in [1.54, 1.807) is 0 Å². The molecule has 0 spiro atoms. The number of carbonyl (C=O) groups is 1. The van der Waals surface area contributed by atoms with E-state index in [-0.39, 0.29) is 5.92 Å². The van der Waals surface area contributed by atoms with Crippen LogP contribution >= 0.6 is 0 Å². The molecule has 0 unspecified atom stereocenters. The number of nitrogens with zero attached hydrogens (tertiary/aromatic N) is 4. The molecule has 160 valence electrons. The van der Waals surface area contributed by atoms with Crippen LogP contribution in [0.3, 0.4) is 0 Å². The van der Waals surface area contributed by atoms with Crippen LogP contribution in [0, 0.1) is 5.92 Å². The summed E-state index contributed by atoms with van der Waals surface area (Å²) in [6.07, 6.45) is 14.8. The molecule has 3 aliphatic heterocycles. The van der Waals surface area contributed by atoms with Crippen molar-refractivity contribution in [3.63, 3.8) is 0 Å². The van der Waals surface area contributed by atoms with E-state index >= 15 is 0 Å². The van der Waals surface area contributed by atoms with E-state index in [9.17, 15) is 4.79 Å². The molecule has 3 fully saturated rings. The minimum atomic E-state index is 0.234. The van der Waals surface area contributed by atoms with Gasteiger partial charge in [0.05, 0.1) is 5.92 Å². The molecule has 1 aromatic heterocycles. The van der Waals surface area contributed by atoms with Gasteiger partial charge in [0.2, 0.25) is 5.91 Å². The Morgan fingerprint density at radius 2 is 1.55 bits per heavy atom. The lowest BCUT2D eigenvalue weighted by molar-refractivity contribution is -0.138. The summed E-state index contributed by atoms with van der Waals surface area (Å²) in [5, 5.41) is 0. The van der Waals surface area contributed by atoms with E-state index < -0.39 is 0 Å². The molecule has 3 saturated heterocycles. The number of hydrogen-bond donors (Lipinski definition) is 0. The molecule has 1 atom stereocenters. The summed E-state index contributed by atoms with van der Waals surface area (Å²) >= 11 is 0. The van der Waals surface area contributed by atoms with Gasteiger partial charge in [0.1, 0.15) is 0 Å². The number of amides is 1. The van der Waals surface area contributed by atoms with Gasteiger partial charge in [-0.25, -0.2) is 0 Å². The van der Waals surface area contributed by atoms with E-state index in [1.165, 1.54) is 63.5 Å². The lowest BCUT2D eigenvalue weighted by Crippen LogP contribution is -2.51. The van der Waals surface area contributed by atoms with E-state index in [0.717, 1.165) is 45.7 Å². The number of piperidine rings is 2. The third-order valence-electron chi connectivity index (χ3n) is 7.20. The third-order valence-corrected chi connectivity index (χ3v) is 7.20. The lowest BCUT2D eigenvalue weighted by atomic mass is 9.92. The van der Waals surface area contributed by atoms with Gasteiger partial charge in [-0.3, -0.25) is 19.6 Å². The Hall–Kier alpha value is -1.46. The molecular weight excluding hydrogens is 360 g/mol. The Labute approximate surface area is 176 Å². The fourth-order valence-corrected chi connectivity index (χ4v) is 5.45. The van der Waals surface area contributed by atoms with E-state index in [2.05, 4.69) is 31.8 Å². The second-order valence-corrected chi connectivity index (χ2v) is 9.29. The topological polar surface area (TPSA) is 39.7 Å². The number of rotatable bonds is 4. The van der Waals surface area contributed by atoms with E-state index in [0.29, 0.717) is 11.9 Å². The first-order valence-electron chi connectivity index (χ1n) is 11.9. The first kappa shape index (κ1) is 20.8. The summed E-state index contributed by atoms with van der Waals surface area (Å²) in [4.78, 5) is 24.7. The predicted octanol–water partition coefficient (Wildman–Crippen LogP) is 3.55. The minimum absolute atomic E-state index is 0.234. The van der Waals surface area contributed by atoms with Crippen molar-refractivity contribution in [2.75, 3.05) is 39.3 Å². The van der Waals surface area contributed by atoms with Crippen LogP contribution in [0.1, 0.15) is 63.4 Å². The Kier molecular flexibility index (Phi) is 7.55. The smallest absolute Gasteiger partial charge is 0.226 e. The van der Waals surface area contributed by atoms with Gasteiger partial charge in [-0.1, -0.05) is 19.3 Å². The van der Waals surface area contributed by atoms with Crippen molar-refractivity contribution in [1.29, 1.82) is 0 Å². The van der Waals surface area contributed by atoms with Crippen LogP contribution in [0.2, 0.25) is 0 Å². The van der Waals surface area contributed by atoms with Gasteiger partial charge in [-0.2, -0.15) is 0 Å². The van der Waals surface area contributed by atoms with Crippen LogP contribution in [0.15, 0.2) is 24.5 Å². The summed E-state index contributed by atoms with van der Waals surface area (Å²) in [5.74, 6) is 0.685. The first-order valence-corrected chi connectivity index (χ1v) is 11.9. The molecule has 4 rings (SSSR count). The average molecular weight is 399 g/mol. The zero-order valence-corrected chi connectivity index (χ0v) is 18.0. The molecular formula is C24H38N4O. The maximum atomic E-state index is 13.2. The van der Waals surface area contributed by atoms with Gasteiger partial charge < -0.3 is 4.90 Å². The predicted molar refractivity (Wildman–Crippen MR) is 116 cm³/mol. The second-order valence-electron chi connectivity index (χ2n) is 9.29. The van der Waals surface area contributed by atoms with Crippen molar-refractivity contribution < 1.29 is 4.79 Å². The summed E-state index contributed by atoms with van der Waals surface area (Å²) in [5.41, 5.74) is 1.36. The van der Waals surface area contributed by atoms with Crippen molar-refractivity contribution in [1.82, 2.24) is 19.7 Å². The van der Waals surface area contributed by atoms with Crippen LogP contribution in [0.5, 0.6) is 0 Å². The van der Waals surface area contributed by atoms with Crippen molar-refractivity contribution >= 4 is 5.91 Å². The molecule has 0 N–H and O–H groups in total. The fourth-order valence-electron chi connectivity index (χ4n) is 5.45. The highest BCUT2D eigenvalue weighted by molar-refractivity contribution is 5.79. The Bertz CT molecular complexity index is 621. The van der Waals surface area contributed by atoms with Crippen LogP contribution in [-0.4, -0.2) is 70.9 Å². The molecule has 4 heterocycles. The van der Waals surface area contributed by atoms with Gasteiger partial charge >= 0.3 is 0 Å². The van der Waals surface area contributed by atoms with Gasteiger partial charge in [-0.15, -0.1) is 0 Å². The molecule has 0 bridgehead atoms. The maximum absolute atomic E-state index is 13.2. The Morgan fingerprint density at radius 1 is 0.862 bits per heavy atom. The number of likely N-dealkylation sites (tertiary alicyclic amines) is 3. The number of pyridine rings is 1. The highest BCUT2D eigenvalue weighted by Gasteiger charge is 2.33. The molecule has 3 aliphatic rings. The van der Waals surface area contributed by atoms with Crippen molar-refractivity contribution in [2.24, 2.45) is 5.92 Å². The Morgan fingerprint density at radius 3 is 2.28 bits per heavy atom. The molecule has 29 heavy (non-hydrogen) atoms. The average Bonchev–Trinajstić information content (AvgIpc) is 2.75. The van der Waals surface area contributed by atoms with Gasteiger partial charge in [0.25, 0.3) is 0 Å².